The van der Waals surface area contributed by atoms with Crippen molar-refractivity contribution < 1.29 is 0 Å². The number of nitrogens with zero attached hydrogens (tertiary/aromatic N) is 5. The predicted octanol–water partition coefficient (Wildman–Crippen LogP) is 2.94. The van der Waals surface area contributed by atoms with Gasteiger partial charge in [0.05, 0.1) is 4.88 Å². The molecule has 0 radical (unpaired) electrons. The van der Waals surface area contributed by atoms with E-state index in [2.05, 4.69) is 47.0 Å². The average molecular weight is 428 g/mol. The number of thiophene rings is 1. The molecular weight excluding hydrogens is 418 g/mol. The zero-order valence-electron chi connectivity index (χ0n) is 13.0. The van der Waals surface area contributed by atoms with Crippen molar-refractivity contribution in [1.82, 2.24) is 30.4 Å². The minimum atomic E-state index is -0.365. The number of tetrazole rings is 1. The van der Waals surface area contributed by atoms with Crippen molar-refractivity contribution in [3.63, 3.8) is 0 Å². The monoisotopic (exact) mass is 427 g/mol. The second kappa shape index (κ2) is 5.85. The van der Waals surface area contributed by atoms with Gasteiger partial charge in [0.2, 0.25) is 5.95 Å². The van der Waals surface area contributed by atoms with Crippen LogP contribution in [0.25, 0.3) is 10.6 Å². The van der Waals surface area contributed by atoms with Crippen molar-refractivity contribution in [2.24, 2.45) is 0 Å². The van der Waals surface area contributed by atoms with Gasteiger partial charge in [-0.05, 0) is 39.6 Å². The van der Waals surface area contributed by atoms with E-state index in [1.54, 1.807) is 16.0 Å². The Kier molecular flexibility index (Phi) is 3.47. The van der Waals surface area contributed by atoms with Crippen molar-refractivity contribution in [2.75, 3.05) is 5.32 Å². The summed E-state index contributed by atoms with van der Waals surface area (Å²) < 4.78 is 2.64. The number of hydrogen-bond acceptors (Lipinski definition) is 7. The highest BCUT2D eigenvalue weighted by atomic mass is 79.9. The lowest BCUT2D eigenvalue weighted by Crippen LogP contribution is -2.29. The van der Waals surface area contributed by atoms with E-state index in [0.717, 1.165) is 20.5 Å². The summed E-state index contributed by atoms with van der Waals surface area (Å²) in [5, 5.41) is 23.8. The molecule has 4 aromatic rings. The molecule has 0 saturated heterocycles. The standard InChI is InChI=1S/C16H10BrN7OS/c17-9-5-3-8(4-6-9)14-11-12(10-2-1-7-26-10)19-20-15(25)13(11)18-16-21-22-23-24(14)16/h1-7,14H,(H,20,25)(H,18,21,23)/t14-/m1/s1. The van der Waals surface area contributed by atoms with Crippen LogP contribution in [0.1, 0.15) is 17.2 Å². The number of hydrogen-bond donors (Lipinski definition) is 2. The van der Waals surface area contributed by atoms with Crippen molar-refractivity contribution in [1.29, 1.82) is 0 Å². The summed E-state index contributed by atoms with van der Waals surface area (Å²) in [5.74, 6) is 0.416. The number of aromatic nitrogens is 6. The first-order valence-electron chi connectivity index (χ1n) is 7.69. The largest absolute Gasteiger partial charge is 0.318 e. The van der Waals surface area contributed by atoms with Gasteiger partial charge in [-0.25, -0.2) is 5.10 Å². The third-order valence-corrected chi connectivity index (χ3v) is 5.61. The highest BCUT2D eigenvalue weighted by Crippen LogP contribution is 2.41. The number of rotatable bonds is 2. The molecular formula is C16H10BrN7OS. The van der Waals surface area contributed by atoms with Gasteiger partial charge in [0.15, 0.2) is 0 Å². The zero-order valence-corrected chi connectivity index (χ0v) is 15.5. The van der Waals surface area contributed by atoms with E-state index in [1.165, 1.54) is 0 Å². The highest BCUT2D eigenvalue weighted by molar-refractivity contribution is 9.10. The molecule has 8 nitrogen and oxygen atoms in total. The van der Waals surface area contributed by atoms with E-state index in [-0.39, 0.29) is 11.6 Å². The Labute approximate surface area is 159 Å². The fourth-order valence-corrected chi connectivity index (χ4v) is 4.08. The smallest absolute Gasteiger partial charge is 0.288 e. The van der Waals surface area contributed by atoms with Crippen LogP contribution in [0.4, 0.5) is 11.6 Å². The first kappa shape index (κ1) is 15.4. The Bertz CT molecular complexity index is 1150. The molecule has 0 bridgehead atoms. The zero-order chi connectivity index (χ0) is 17.7. The van der Waals surface area contributed by atoms with Crippen molar-refractivity contribution in [3.05, 3.63) is 67.7 Å². The number of fused-ring (bicyclic) bond motifs is 2. The fourth-order valence-electron chi connectivity index (χ4n) is 3.09. The van der Waals surface area contributed by atoms with Gasteiger partial charge in [0.25, 0.3) is 5.56 Å². The Morgan fingerprint density at radius 2 is 2.04 bits per heavy atom. The van der Waals surface area contributed by atoms with Crippen LogP contribution in [0.3, 0.4) is 0 Å². The lowest BCUT2D eigenvalue weighted by atomic mass is 9.94. The van der Waals surface area contributed by atoms with Gasteiger partial charge in [-0.15, -0.1) is 11.3 Å². The minimum Gasteiger partial charge on any atom is -0.318 e. The average Bonchev–Trinajstić information content (AvgIpc) is 3.33. The number of anilines is 2. The highest BCUT2D eigenvalue weighted by Gasteiger charge is 2.34. The summed E-state index contributed by atoms with van der Waals surface area (Å²) in [6.07, 6.45) is 0. The van der Waals surface area contributed by atoms with E-state index >= 15 is 0 Å². The molecule has 4 heterocycles. The fraction of sp³-hybridized carbons (Fsp3) is 0.0625. The molecule has 0 spiro atoms. The van der Waals surface area contributed by atoms with Crippen LogP contribution in [-0.2, 0) is 0 Å². The number of halogens is 1. The quantitative estimate of drug-likeness (QED) is 0.449. The summed E-state index contributed by atoms with van der Waals surface area (Å²) in [5.41, 5.74) is 2.51. The van der Waals surface area contributed by atoms with E-state index in [1.807, 2.05) is 41.8 Å². The molecule has 1 aliphatic heterocycles. The maximum Gasteiger partial charge on any atom is 0.288 e. The molecule has 0 aliphatic carbocycles. The van der Waals surface area contributed by atoms with Crippen molar-refractivity contribution in [3.8, 4) is 10.6 Å². The van der Waals surface area contributed by atoms with Gasteiger partial charge in [-0.3, -0.25) is 4.79 Å². The molecule has 2 N–H and O–H groups in total. The Hall–Kier alpha value is -2.85. The van der Waals surface area contributed by atoms with Crippen LogP contribution < -0.4 is 10.9 Å². The van der Waals surface area contributed by atoms with Gasteiger partial charge < -0.3 is 5.32 Å². The Morgan fingerprint density at radius 3 is 2.81 bits per heavy atom. The summed E-state index contributed by atoms with van der Waals surface area (Å²) in [4.78, 5) is 13.4. The molecule has 26 heavy (non-hydrogen) atoms. The molecule has 1 atom stereocenters. The number of nitrogens with one attached hydrogen (secondary N) is 2. The van der Waals surface area contributed by atoms with Gasteiger partial charge in [0.1, 0.15) is 17.4 Å². The summed E-state index contributed by atoms with van der Waals surface area (Å²) in [6, 6.07) is 11.4. The van der Waals surface area contributed by atoms with E-state index < -0.39 is 0 Å². The molecule has 10 heteroatoms. The Morgan fingerprint density at radius 1 is 1.19 bits per heavy atom. The molecule has 1 aromatic carbocycles. The van der Waals surface area contributed by atoms with Gasteiger partial charge in [0, 0.05) is 10.0 Å². The number of H-pyrrole nitrogens is 1. The van der Waals surface area contributed by atoms with Crippen LogP contribution in [0, 0.1) is 0 Å². The molecule has 0 fully saturated rings. The molecule has 1 aliphatic rings. The van der Waals surface area contributed by atoms with Crippen molar-refractivity contribution >= 4 is 38.9 Å². The molecule has 128 valence electrons. The summed E-state index contributed by atoms with van der Waals surface area (Å²) >= 11 is 5.01. The van der Waals surface area contributed by atoms with Crippen LogP contribution >= 0.6 is 27.3 Å². The van der Waals surface area contributed by atoms with E-state index in [0.29, 0.717) is 17.3 Å². The lowest BCUT2D eigenvalue weighted by molar-refractivity contribution is 0.567. The van der Waals surface area contributed by atoms with Gasteiger partial charge in [-0.2, -0.15) is 9.78 Å². The van der Waals surface area contributed by atoms with Crippen LogP contribution in [0.2, 0.25) is 0 Å². The Balaban J connectivity index is 1.83. The van der Waals surface area contributed by atoms with Gasteiger partial charge in [-0.1, -0.05) is 39.2 Å². The second-order valence-corrected chi connectivity index (χ2v) is 7.56. The molecule has 0 amide bonds. The first-order chi connectivity index (χ1) is 12.7. The summed E-state index contributed by atoms with van der Waals surface area (Å²) in [7, 11) is 0. The van der Waals surface area contributed by atoms with Crippen LogP contribution in [0.15, 0.2) is 51.0 Å². The molecule has 3 aromatic heterocycles. The molecule has 0 saturated carbocycles. The van der Waals surface area contributed by atoms with E-state index in [9.17, 15) is 4.79 Å². The maximum absolute atomic E-state index is 12.5. The molecule has 5 rings (SSSR count). The maximum atomic E-state index is 12.5. The minimum absolute atomic E-state index is 0.309. The third-order valence-electron chi connectivity index (χ3n) is 4.21. The number of benzene rings is 1. The van der Waals surface area contributed by atoms with Crippen molar-refractivity contribution in [2.45, 2.75) is 6.04 Å². The first-order valence-corrected chi connectivity index (χ1v) is 9.36. The van der Waals surface area contributed by atoms with E-state index in [4.69, 9.17) is 0 Å². The van der Waals surface area contributed by atoms with Gasteiger partial charge >= 0.3 is 0 Å². The SMILES string of the molecule is O=c1[nH]nc(-c2cccs2)c2c1Nc1nnnn1[C@@H]2c1ccc(Br)cc1. The predicted molar refractivity (Wildman–Crippen MR) is 101 cm³/mol. The topological polar surface area (TPSA) is 101 Å². The lowest BCUT2D eigenvalue weighted by Gasteiger charge is -2.27. The second-order valence-electron chi connectivity index (χ2n) is 5.69. The van der Waals surface area contributed by atoms with Crippen LogP contribution in [-0.4, -0.2) is 30.4 Å². The molecule has 0 unspecified atom stereocenters. The normalized spacial score (nSPS) is 15.2. The summed E-state index contributed by atoms with van der Waals surface area (Å²) in [6.45, 7) is 0. The van der Waals surface area contributed by atoms with Crippen LogP contribution in [0.5, 0.6) is 0 Å². The third kappa shape index (κ3) is 2.30. The number of aromatic amines is 1.